The lowest BCUT2D eigenvalue weighted by Crippen LogP contribution is -2.30. The second-order valence-electron chi connectivity index (χ2n) is 5.56. The van der Waals surface area contributed by atoms with Gasteiger partial charge in [0.1, 0.15) is 0 Å². The third kappa shape index (κ3) is 3.03. The molecule has 0 saturated heterocycles. The van der Waals surface area contributed by atoms with E-state index in [1.807, 2.05) is 30.0 Å². The fourth-order valence-electron chi connectivity index (χ4n) is 2.78. The molecule has 1 amide bonds. The lowest BCUT2D eigenvalue weighted by atomic mass is 10.0. The van der Waals surface area contributed by atoms with Gasteiger partial charge in [-0.05, 0) is 48.6 Å². The van der Waals surface area contributed by atoms with Gasteiger partial charge >= 0.3 is 0 Å². The number of carbonyl (C=O) groups excluding carboxylic acids is 1. The van der Waals surface area contributed by atoms with Crippen molar-refractivity contribution in [2.24, 2.45) is 0 Å². The van der Waals surface area contributed by atoms with Gasteiger partial charge in [0.2, 0.25) is 0 Å². The van der Waals surface area contributed by atoms with Crippen molar-refractivity contribution in [3.63, 3.8) is 0 Å². The van der Waals surface area contributed by atoms with Crippen LogP contribution in [0.5, 0.6) is 0 Å². The molecule has 0 fully saturated rings. The van der Waals surface area contributed by atoms with E-state index in [4.69, 9.17) is 0 Å². The third-order valence-corrected chi connectivity index (χ3v) is 4.91. The van der Waals surface area contributed by atoms with Gasteiger partial charge in [-0.2, -0.15) is 0 Å². The van der Waals surface area contributed by atoms with Gasteiger partial charge in [0, 0.05) is 23.1 Å². The van der Waals surface area contributed by atoms with E-state index in [-0.39, 0.29) is 5.91 Å². The second-order valence-corrected chi connectivity index (χ2v) is 6.42. The van der Waals surface area contributed by atoms with Gasteiger partial charge in [0.15, 0.2) is 0 Å². The van der Waals surface area contributed by atoms with Crippen LogP contribution in [0.3, 0.4) is 0 Å². The van der Waals surface area contributed by atoms with Gasteiger partial charge in [0.25, 0.3) is 5.91 Å². The average Bonchev–Trinajstić information content (AvgIpc) is 2.71. The van der Waals surface area contributed by atoms with E-state index in [9.17, 15) is 4.79 Å². The maximum atomic E-state index is 12.7. The average molecular weight is 344 g/mol. The van der Waals surface area contributed by atoms with E-state index in [1.165, 1.54) is 11.1 Å². The summed E-state index contributed by atoms with van der Waals surface area (Å²) in [4.78, 5) is 14.7. The Kier molecular flexibility index (Phi) is 4.11. The number of rotatable bonds is 1. The highest BCUT2D eigenvalue weighted by Crippen LogP contribution is 2.22. The van der Waals surface area contributed by atoms with E-state index < -0.39 is 0 Å². The molecule has 21 heavy (non-hydrogen) atoms. The van der Waals surface area contributed by atoms with Crippen molar-refractivity contribution >= 4 is 21.8 Å². The summed E-state index contributed by atoms with van der Waals surface area (Å²) in [6, 6.07) is 14.3. The summed E-state index contributed by atoms with van der Waals surface area (Å²) in [5.74, 6) is 0.118. The van der Waals surface area contributed by atoms with Crippen LogP contribution >= 0.6 is 15.9 Å². The molecule has 0 spiro atoms. The van der Waals surface area contributed by atoms with Crippen LogP contribution in [0.2, 0.25) is 0 Å². The van der Waals surface area contributed by atoms with E-state index in [1.54, 1.807) is 0 Å². The smallest absolute Gasteiger partial charge is 0.254 e. The minimum atomic E-state index is 0.118. The maximum Gasteiger partial charge on any atom is 0.254 e. The first-order chi connectivity index (χ1) is 10.1. The fourth-order valence-corrected chi connectivity index (χ4v) is 3.16. The van der Waals surface area contributed by atoms with Crippen molar-refractivity contribution in [3.05, 3.63) is 69.2 Å². The normalized spacial score (nSPS) is 14.5. The lowest BCUT2D eigenvalue weighted by Gasteiger charge is -2.21. The van der Waals surface area contributed by atoms with Crippen LogP contribution in [0.1, 0.15) is 33.5 Å². The molecule has 0 unspecified atom stereocenters. The molecule has 1 aliphatic rings. The van der Waals surface area contributed by atoms with Crippen LogP contribution < -0.4 is 0 Å². The quantitative estimate of drug-likeness (QED) is 0.753. The number of nitrogens with zero attached hydrogens (tertiary/aromatic N) is 1. The minimum Gasteiger partial charge on any atom is -0.334 e. The number of carbonyl (C=O) groups is 1. The standard InChI is InChI=1S/C18H18BrNO/c1-13-8-9-15(11-17(13)19)18(21)20-10-4-7-14-5-2-3-6-16(14)12-20/h2-3,5-6,8-9,11H,4,7,10,12H2,1H3. The summed E-state index contributed by atoms with van der Waals surface area (Å²) in [7, 11) is 0. The van der Waals surface area contributed by atoms with Crippen molar-refractivity contribution in [1.82, 2.24) is 4.90 Å². The molecule has 2 nitrogen and oxygen atoms in total. The molecular weight excluding hydrogens is 326 g/mol. The Morgan fingerprint density at radius 1 is 1.14 bits per heavy atom. The Bertz CT molecular complexity index is 681. The summed E-state index contributed by atoms with van der Waals surface area (Å²) in [6.45, 7) is 3.56. The van der Waals surface area contributed by atoms with Gasteiger partial charge in [-0.3, -0.25) is 4.79 Å². The fraction of sp³-hybridized carbons (Fsp3) is 0.278. The van der Waals surface area contributed by atoms with E-state index in [0.29, 0.717) is 6.54 Å². The van der Waals surface area contributed by atoms with Gasteiger partial charge in [-0.15, -0.1) is 0 Å². The molecule has 1 heterocycles. The Labute approximate surface area is 133 Å². The Morgan fingerprint density at radius 3 is 2.67 bits per heavy atom. The molecule has 0 saturated carbocycles. The van der Waals surface area contributed by atoms with Crippen molar-refractivity contribution in [3.8, 4) is 0 Å². The largest absolute Gasteiger partial charge is 0.334 e. The monoisotopic (exact) mass is 343 g/mol. The lowest BCUT2D eigenvalue weighted by molar-refractivity contribution is 0.0746. The predicted molar refractivity (Wildman–Crippen MR) is 88.4 cm³/mol. The minimum absolute atomic E-state index is 0.118. The second kappa shape index (κ2) is 6.02. The molecule has 0 N–H and O–H groups in total. The van der Waals surface area contributed by atoms with Crippen molar-refractivity contribution in [2.75, 3.05) is 6.54 Å². The summed E-state index contributed by atoms with van der Waals surface area (Å²) in [5, 5.41) is 0. The number of amides is 1. The summed E-state index contributed by atoms with van der Waals surface area (Å²) in [5.41, 5.74) is 4.55. The summed E-state index contributed by atoms with van der Waals surface area (Å²) in [6.07, 6.45) is 2.08. The van der Waals surface area contributed by atoms with Gasteiger partial charge in [0.05, 0.1) is 0 Å². The van der Waals surface area contributed by atoms with Gasteiger partial charge in [-0.1, -0.05) is 46.3 Å². The van der Waals surface area contributed by atoms with Crippen molar-refractivity contribution in [2.45, 2.75) is 26.3 Å². The number of benzene rings is 2. The van der Waals surface area contributed by atoms with Crippen LogP contribution in [-0.2, 0) is 13.0 Å². The van der Waals surface area contributed by atoms with Crippen LogP contribution in [0.25, 0.3) is 0 Å². The zero-order valence-corrected chi connectivity index (χ0v) is 13.7. The molecule has 2 aromatic carbocycles. The molecule has 3 rings (SSSR count). The number of hydrogen-bond donors (Lipinski definition) is 0. The topological polar surface area (TPSA) is 20.3 Å². The predicted octanol–water partition coefficient (Wildman–Crippen LogP) is 4.35. The van der Waals surface area contributed by atoms with Crippen LogP contribution in [0.15, 0.2) is 46.9 Å². The molecule has 108 valence electrons. The third-order valence-electron chi connectivity index (χ3n) is 4.06. The number of aryl methyl sites for hydroxylation is 2. The highest BCUT2D eigenvalue weighted by molar-refractivity contribution is 9.10. The molecular formula is C18H18BrNO. The van der Waals surface area contributed by atoms with Crippen molar-refractivity contribution in [1.29, 1.82) is 0 Å². The Balaban J connectivity index is 1.86. The number of fused-ring (bicyclic) bond motifs is 1. The van der Waals surface area contributed by atoms with E-state index in [0.717, 1.165) is 35.0 Å². The Hall–Kier alpha value is -1.61. The molecule has 0 aromatic heterocycles. The zero-order chi connectivity index (χ0) is 14.8. The highest BCUT2D eigenvalue weighted by Gasteiger charge is 2.20. The number of halogens is 1. The molecule has 0 bridgehead atoms. The maximum absolute atomic E-state index is 12.7. The molecule has 0 atom stereocenters. The first kappa shape index (κ1) is 14.3. The number of hydrogen-bond acceptors (Lipinski definition) is 1. The SMILES string of the molecule is Cc1ccc(C(=O)N2CCCc3ccccc3C2)cc1Br. The molecule has 3 heteroatoms. The first-order valence-electron chi connectivity index (χ1n) is 7.27. The molecule has 2 aromatic rings. The van der Waals surface area contributed by atoms with Crippen LogP contribution in [0, 0.1) is 6.92 Å². The molecule has 0 radical (unpaired) electrons. The zero-order valence-electron chi connectivity index (χ0n) is 12.1. The van der Waals surface area contributed by atoms with E-state index >= 15 is 0 Å². The van der Waals surface area contributed by atoms with Crippen molar-refractivity contribution < 1.29 is 4.79 Å². The molecule has 1 aliphatic heterocycles. The molecule has 0 aliphatic carbocycles. The van der Waals surface area contributed by atoms with Crippen LogP contribution in [0.4, 0.5) is 0 Å². The van der Waals surface area contributed by atoms with Gasteiger partial charge in [-0.25, -0.2) is 0 Å². The van der Waals surface area contributed by atoms with E-state index in [2.05, 4.69) is 40.2 Å². The van der Waals surface area contributed by atoms with Crippen LogP contribution in [-0.4, -0.2) is 17.4 Å². The first-order valence-corrected chi connectivity index (χ1v) is 8.06. The summed E-state index contributed by atoms with van der Waals surface area (Å²) < 4.78 is 0.989. The Morgan fingerprint density at radius 2 is 1.90 bits per heavy atom. The summed E-state index contributed by atoms with van der Waals surface area (Å²) >= 11 is 3.51. The van der Waals surface area contributed by atoms with Gasteiger partial charge < -0.3 is 4.90 Å². The highest BCUT2D eigenvalue weighted by atomic mass is 79.9.